The highest BCUT2D eigenvalue weighted by Crippen LogP contribution is 2.24. The van der Waals surface area contributed by atoms with Gasteiger partial charge in [0.2, 0.25) is 0 Å². The molecule has 0 heterocycles. The summed E-state index contributed by atoms with van der Waals surface area (Å²) in [6.45, 7) is 10.4. The fraction of sp³-hybridized carbons (Fsp3) is 0.286. The van der Waals surface area contributed by atoms with E-state index in [2.05, 4.69) is 13.2 Å². The van der Waals surface area contributed by atoms with Gasteiger partial charge < -0.3 is 5.11 Å². The summed E-state index contributed by atoms with van der Waals surface area (Å²) in [7, 11) is 0. The van der Waals surface area contributed by atoms with E-state index in [4.69, 9.17) is 0 Å². The Kier molecular flexibility index (Phi) is 4.47. The highest BCUT2D eigenvalue weighted by atomic mass is 16.3. The van der Waals surface area contributed by atoms with Crippen LogP contribution in [-0.2, 0) is 5.72 Å². The summed E-state index contributed by atoms with van der Waals surface area (Å²) < 4.78 is 0. The van der Waals surface area contributed by atoms with Crippen molar-refractivity contribution in [3.63, 3.8) is 0 Å². The molecule has 0 aliphatic carbocycles. The van der Waals surface area contributed by atoms with Gasteiger partial charge in [-0.25, -0.2) is 0 Å². The molecule has 1 aromatic rings. The van der Waals surface area contributed by atoms with Gasteiger partial charge in [0.15, 0.2) is 0 Å². The first-order valence-electron chi connectivity index (χ1n) is 5.37. The van der Waals surface area contributed by atoms with Gasteiger partial charge in [0, 0.05) is 13.1 Å². The average Bonchev–Trinajstić information content (AvgIpc) is 2.30. The molecular formula is C14H19NO. The van der Waals surface area contributed by atoms with Crippen molar-refractivity contribution in [3.8, 4) is 0 Å². The fourth-order valence-corrected chi connectivity index (χ4v) is 1.68. The average molecular weight is 217 g/mol. The Hall–Kier alpha value is -1.38. The van der Waals surface area contributed by atoms with Gasteiger partial charge in [0.25, 0.3) is 0 Å². The normalized spacial score (nSPS) is 14.4. The Morgan fingerprint density at radius 1 is 1.19 bits per heavy atom. The maximum Gasteiger partial charge on any atom is 0.142 e. The zero-order chi connectivity index (χ0) is 12.0. The third kappa shape index (κ3) is 2.81. The second-order valence-electron chi connectivity index (χ2n) is 3.87. The number of rotatable bonds is 6. The Labute approximate surface area is 97.5 Å². The summed E-state index contributed by atoms with van der Waals surface area (Å²) in [4.78, 5) is 1.91. The SMILES string of the molecule is C=CCN(CC=C)C(C)(O)c1ccccc1. The van der Waals surface area contributed by atoms with Crippen molar-refractivity contribution in [1.82, 2.24) is 4.90 Å². The third-order valence-electron chi connectivity index (χ3n) is 2.64. The van der Waals surface area contributed by atoms with E-state index in [1.54, 1.807) is 19.1 Å². The first kappa shape index (κ1) is 12.7. The van der Waals surface area contributed by atoms with Gasteiger partial charge in [-0.2, -0.15) is 0 Å². The molecule has 0 fully saturated rings. The van der Waals surface area contributed by atoms with Gasteiger partial charge in [-0.1, -0.05) is 42.5 Å². The van der Waals surface area contributed by atoms with E-state index >= 15 is 0 Å². The standard InChI is InChI=1S/C14H19NO/c1-4-11-15(12-5-2)14(3,16)13-9-7-6-8-10-13/h4-10,16H,1-2,11-12H2,3H3. The fourth-order valence-electron chi connectivity index (χ4n) is 1.68. The Morgan fingerprint density at radius 3 is 2.12 bits per heavy atom. The van der Waals surface area contributed by atoms with Gasteiger partial charge in [0.05, 0.1) is 0 Å². The van der Waals surface area contributed by atoms with Gasteiger partial charge >= 0.3 is 0 Å². The van der Waals surface area contributed by atoms with Crippen LogP contribution in [0.2, 0.25) is 0 Å². The van der Waals surface area contributed by atoms with Crippen LogP contribution in [0.3, 0.4) is 0 Å². The molecule has 1 unspecified atom stereocenters. The molecule has 0 bridgehead atoms. The van der Waals surface area contributed by atoms with Crippen molar-refractivity contribution >= 4 is 0 Å². The molecule has 0 saturated carbocycles. The topological polar surface area (TPSA) is 23.5 Å². The number of nitrogens with zero attached hydrogens (tertiary/aromatic N) is 1. The predicted molar refractivity (Wildman–Crippen MR) is 68.0 cm³/mol. The Morgan fingerprint density at radius 2 is 1.69 bits per heavy atom. The van der Waals surface area contributed by atoms with Crippen molar-refractivity contribution in [3.05, 3.63) is 61.2 Å². The lowest BCUT2D eigenvalue weighted by Crippen LogP contribution is -2.44. The van der Waals surface area contributed by atoms with Crippen molar-refractivity contribution < 1.29 is 5.11 Å². The summed E-state index contributed by atoms with van der Waals surface area (Å²) in [6, 6.07) is 9.61. The largest absolute Gasteiger partial charge is 0.372 e. The van der Waals surface area contributed by atoms with Gasteiger partial charge in [-0.3, -0.25) is 4.90 Å². The monoisotopic (exact) mass is 217 g/mol. The number of hydrogen-bond donors (Lipinski definition) is 1. The molecule has 0 aliphatic rings. The van der Waals surface area contributed by atoms with Crippen LogP contribution in [-0.4, -0.2) is 23.1 Å². The lowest BCUT2D eigenvalue weighted by Gasteiger charge is -2.36. The molecule has 0 aliphatic heterocycles. The smallest absolute Gasteiger partial charge is 0.142 e. The zero-order valence-electron chi connectivity index (χ0n) is 9.76. The summed E-state index contributed by atoms with van der Waals surface area (Å²) in [5, 5.41) is 10.5. The summed E-state index contributed by atoms with van der Waals surface area (Å²) in [6.07, 6.45) is 3.56. The minimum absolute atomic E-state index is 0.619. The van der Waals surface area contributed by atoms with Gasteiger partial charge in [-0.05, 0) is 12.5 Å². The molecule has 1 atom stereocenters. The number of aliphatic hydroxyl groups is 1. The summed E-state index contributed by atoms with van der Waals surface area (Å²) in [5.41, 5.74) is -0.123. The highest BCUT2D eigenvalue weighted by molar-refractivity contribution is 5.21. The molecule has 1 N–H and O–H groups in total. The van der Waals surface area contributed by atoms with Gasteiger partial charge in [-0.15, -0.1) is 13.2 Å². The molecule has 1 aromatic carbocycles. The van der Waals surface area contributed by atoms with Crippen LogP contribution >= 0.6 is 0 Å². The van der Waals surface area contributed by atoms with Gasteiger partial charge in [0.1, 0.15) is 5.72 Å². The van der Waals surface area contributed by atoms with Crippen LogP contribution in [0, 0.1) is 0 Å². The molecular weight excluding hydrogens is 198 g/mol. The second kappa shape index (κ2) is 5.64. The molecule has 0 saturated heterocycles. The van der Waals surface area contributed by atoms with Crippen LogP contribution in [0.25, 0.3) is 0 Å². The van der Waals surface area contributed by atoms with E-state index in [1.165, 1.54) is 0 Å². The quantitative estimate of drug-likeness (QED) is 0.584. The molecule has 0 radical (unpaired) electrons. The molecule has 0 amide bonds. The molecule has 16 heavy (non-hydrogen) atoms. The Bertz CT molecular complexity index is 333. The molecule has 2 nitrogen and oxygen atoms in total. The van der Waals surface area contributed by atoms with E-state index < -0.39 is 5.72 Å². The van der Waals surface area contributed by atoms with E-state index in [-0.39, 0.29) is 0 Å². The maximum absolute atomic E-state index is 10.5. The Balaban J connectivity index is 2.96. The van der Waals surface area contributed by atoms with Crippen LogP contribution < -0.4 is 0 Å². The van der Waals surface area contributed by atoms with Crippen LogP contribution in [0.4, 0.5) is 0 Å². The van der Waals surface area contributed by atoms with Crippen LogP contribution in [0.5, 0.6) is 0 Å². The highest BCUT2D eigenvalue weighted by Gasteiger charge is 2.29. The van der Waals surface area contributed by atoms with Crippen molar-refractivity contribution in [2.24, 2.45) is 0 Å². The van der Waals surface area contributed by atoms with Crippen molar-refractivity contribution in [2.75, 3.05) is 13.1 Å². The minimum Gasteiger partial charge on any atom is -0.372 e. The molecule has 2 heteroatoms. The predicted octanol–water partition coefficient (Wildman–Crippen LogP) is 2.53. The molecule has 0 aromatic heterocycles. The lowest BCUT2D eigenvalue weighted by molar-refractivity contribution is -0.0889. The maximum atomic E-state index is 10.5. The molecule has 0 spiro atoms. The minimum atomic E-state index is -0.996. The molecule has 1 rings (SSSR count). The van der Waals surface area contributed by atoms with Crippen LogP contribution in [0.15, 0.2) is 55.6 Å². The molecule has 86 valence electrons. The van der Waals surface area contributed by atoms with E-state index in [0.717, 1.165) is 5.56 Å². The van der Waals surface area contributed by atoms with E-state index in [9.17, 15) is 5.11 Å². The third-order valence-corrected chi connectivity index (χ3v) is 2.64. The zero-order valence-corrected chi connectivity index (χ0v) is 9.76. The van der Waals surface area contributed by atoms with Crippen molar-refractivity contribution in [1.29, 1.82) is 0 Å². The van der Waals surface area contributed by atoms with Crippen molar-refractivity contribution in [2.45, 2.75) is 12.6 Å². The number of hydrogen-bond acceptors (Lipinski definition) is 2. The van der Waals surface area contributed by atoms with E-state index in [1.807, 2.05) is 35.2 Å². The lowest BCUT2D eigenvalue weighted by atomic mass is 10.0. The first-order valence-corrected chi connectivity index (χ1v) is 5.37. The summed E-state index contributed by atoms with van der Waals surface area (Å²) >= 11 is 0. The summed E-state index contributed by atoms with van der Waals surface area (Å²) in [5.74, 6) is 0. The number of benzene rings is 1. The second-order valence-corrected chi connectivity index (χ2v) is 3.87. The van der Waals surface area contributed by atoms with Crippen LogP contribution in [0.1, 0.15) is 12.5 Å². The first-order chi connectivity index (χ1) is 7.62. The van der Waals surface area contributed by atoms with E-state index in [0.29, 0.717) is 13.1 Å².